The van der Waals surface area contributed by atoms with Crippen molar-refractivity contribution in [1.29, 1.82) is 0 Å². The molecule has 0 spiro atoms. The molecule has 0 saturated heterocycles. The van der Waals surface area contributed by atoms with Crippen LogP contribution < -0.4 is 5.32 Å². The summed E-state index contributed by atoms with van der Waals surface area (Å²) in [6.45, 7) is 5.84. The minimum atomic E-state index is -0.221. The number of aryl methyl sites for hydroxylation is 1. The maximum Gasteiger partial charge on any atom is 0.246 e. The number of nitrogens with one attached hydrogen (secondary N) is 1. The number of amides is 1. The Kier molecular flexibility index (Phi) is 3.97. The minimum Gasteiger partial charge on any atom is -0.508 e. The predicted octanol–water partition coefficient (Wildman–Crippen LogP) is 1.45. The molecule has 1 aromatic heterocycles. The van der Waals surface area contributed by atoms with Gasteiger partial charge in [0, 0.05) is 5.69 Å². The fourth-order valence-electron chi connectivity index (χ4n) is 1.90. The summed E-state index contributed by atoms with van der Waals surface area (Å²) in [5, 5.41) is 23.3. The largest absolute Gasteiger partial charge is 0.508 e. The van der Waals surface area contributed by atoms with Crippen molar-refractivity contribution >= 4 is 11.6 Å². The molecule has 1 amide bonds. The van der Waals surface area contributed by atoms with E-state index in [-0.39, 0.29) is 24.1 Å². The normalized spacial score (nSPS) is 10.8. The summed E-state index contributed by atoms with van der Waals surface area (Å²) in [5.41, 5.74) is 2.29. The molecule has 7 heteroatoms. The lowest BCUT2D eigenvalue weighted by Gasteiger charge is -2.14. The van der Waals surface area contributed by atoms with Crippen molar-refractivity contribution in [3.63, 3.8) is 0 Å². The highest BCUT2D eigenvalue weighted by atomic mass is 16.3. The number of benzene rings is 1. The molecule has 0 aliphatic heterocycles. The van der Waals surface area contributed by atoms with Crippen molar-refractivity contribution in [1.82, 2.24) is 20.2 Å². The molecule has 0 saturated carbocycles. The fourth-order valence-corrected chi connectivity index (χ4v) is 1.90. The summed E-state index contributed by atoms with van der Waals surface area (Å²) in [6.07, 6.45) is 1.38. The number of carbonyl (C=O) groups excluding carboxylic acids is 1. The van der Waals surface area contributed by atoms with Crippen molar-refractivity contribution in [3.05, 3.63) is 29.6 Å². The molecule has 0 aliphatic carbocycles. The van der Waals surface area contributed by atoms with Gasteiger partial charge in [-0.25, -0.2) is 4.68 Å². The van der Waals surface area contributed by atoms with Crippen LogP contribution in [0.15, 0.2) is 18.5 Å². The summed E-state index contributed by atoms with van der Waals surface area (Å²) in [7, 11) is 0. The van der Waals surface area contributed by atoms with Crippen molar-refractivity contribution in [2.45, 2.75) is 33.2 Å². The van der Waals surface area contributed by atoms with Gasteiger partial charge in [-0.3, -0.25) is 4.79 Å². The topological polar surface area (TPSA) is 92.9 Å². The number of anilines is 1. The van der Waals surface area contributed by atoms with E-state index in [4.69, 9.17) is 0 Å². The average molecular weight is 275 g/mol. The highest BCUT2D eigenvalue weighted by Crippen LogP contribution is 2.31. The van der Waals surface area contributed by atoms with Crippen LogP contribution >= 0.6 is 0 Å². The smallest absolute Gasteiger partial charge is 0.246 e. The third kappa shape index (κ3) is 3.11. The molecule has 0 fully saturated rings. The van der Waals surface area contributed by atoms with E-state index < -0.39 is 0 Å². The first kappa shape index (κ1) is 14.0. The summed E-state index contributed by atoms with van der Waals surface area (Å²) >= 11 is 0. The van der Waals surface area contributed by atoms with Crippen LogP contribution in [0.4, 0.5) is 5.69 Å². The second-order valence-electron chi connectivity index (χ2n) is 4.94. The van der Waals surface area contributed by atoms with Gasteiger partial charge in [0.05, 0.1) is 0 Å². The molecule has 1 heterocycles. The molecule has 7 nitrogen and oxygen atoms in total. The maximum atomic E-state index is 11.9. The van der Waals surface area contributed by atoms with Gasteiger partial charge in [-0.2, -0.15) is 0 Å². The van der Waals surface area contributed by atoms with Crippen molar-refractivity contribution in [2.75, 3.05) is 5.32 Å². The van der Waals surface area contributed by atoms with Gasteiger partial charge in [0.2, 0.25) is 5.91 Å². The number of phenols is 1. The monoisotopic (exact) mass is 275 g/mol. The standard InChI is InChI=1S/C13H17N5O2/c1-8(2)10-5-11(9(3)4-12(10)19)15-13(20)6-18-7-14-16-17-18/h4-5,7-8,19H,6H2,1-3H3,(H,15,20). The van der Waals surface area contributed by atoms with Gasteiger partial charge in [-0.05, 0) is 46.5 Å². The van der Waals surface area contributed by atoms with Gasteiger partial charge >= 0.3 is 0 Å². The first-order valence-corrected chi connectivity index (χ1v) is 6.31. The van der Waals surface area contributed by atoms with Crippen molar-refractivity contribution in [2.24, 2.45) is 0 Å². The molecule has 0 atom stereocenters. The Hall–Kier alpha value is -2.44. The number of aromatic nitrogens is 4. The summed E-state index contributed by atoms with van der Waals surface area (Å²) in [5.74, 6) is 0.197. The number of tetrazole rings is 1. The van der Waals surface area contributed by atoms with E-state index in [9.17, 15) is 9.90 Å². The van der Waals surface area contributed by atoms with Gasteiger partial charge in [-0.1, -0.05) is 13.8 Å². The van der Waals surface area contributed by atoms with Crippen molar-refractivity contribution < 1.29 is 9.90 Å². The zero-order valence-corrected chi connectivity index (χ0v) is 11.7. The van der Waals surface area contributed by atoms with Gasteiger partial charge in [0.15, 0.2) is 0 Å². The molecule has 106 valence electrons. The Labute approximate surface area is 116 Å². The lowest BCUT2D eigenvalue weighted by molar-refractivity contribution is -0.116. The molecule has 1 aromatic carbocycles. The summed E-state index contributed by atoms with van der Waals surface area (Å²) in [4.78, 5) is 11.9. The second-order valence-corrected chi connectivity index (χ2v) is 4.94. The number of nitrogens with zero attached hydrogens (tertiary/aromatic N) is 4. The van der Waals surface area contributed by atoms with E-state index in [1.54, 1.807) is 12.1 Å². The van der Waals surface area contributed by atoms with Crippen LogP contribution in [0.5, 0.6) is 5.75 Å². The molecule has 0 bridgehead atoms. The molecule has 20 heavy (non-hydrogen) atoms. The molecule has 2 aromatic rings. The van der Waals surface area contributed by atoms with E-state index in [2.05, 4.69) is 20.8 Å². The van der Waals surface area contributed by atoms with Gasteiger partial charge in [-0.15, -0.1) is 5.10 Å². The van der Waals surface area contributed by atoms with Crippen LogP contribution in [-0.4, -0.2) is 31.2 Å². The molecule has 0 radical (unpaired) electrons. The Morgan fingerprint density at radius 1 is 1.45 bits per heavy atom. The molecule has 0 aliphatic rings. The number of hydrogen-bond donors (Lipinski definition) is 2. The molecule has 2 N–H and O–H groups in total. The molecular formula is C13H17N5O2. The van der Waals surface area contributed by atoms with Gasteiger partial charge < -0.3 is 10.4 Å². The number of aromatic hydroxyl groups is 1. The highest BCUT2D eigenvalue weighted by Gasteiger charge is 2.12. The average Bonchev–Trinajstić information content (AvgIpc) is 2.84. The van der Waals surface area contributed by atoms with Crippen LogP contribution in [-0.2, 0) is 11.3 Å². The lowest BCUT2D eigenvalue weighted by atomic mass is 9.99. The molecule has 0 unspecified atom stereocenters. The highest BCUT2D eigenvalue weighted by molar-refractivity contribution is 5.91. The van der Waals surface area contributed by atoms with Crippen LogP contribution in [0.3, 0.4) is 0 Å². The first-order valence-electron chi connectivity index (χ1n) is 6.31. The number of hydrogen-bond acceptors (Lipinski definition) is 5. The SMILES string of the molecule is Cc1cc(O)c(C(C)C)cc1NC(=O)Cn1cnnn1. The quantitative estimate of drug-likeness (QED) is 0.824. The molecule has 2 rings (SSSR count). The van der Waals surface area contributed by atoms with Crippen LogP contribution in [0.1, 0.15) is 30.9 Å². The number of rotatable bonds is 4. The van der Waals surface area contributed by atoms with Crippen LogP contribution in [0, 0.1) is 6.92 Å². The number of carbonyl (C=O) groups is 1. The van der Waals surface area contributed by atoms with Gasteiger partial charge in [0.25, 0.3) is 0 Å². The van der Waals surface area contributed by atoms with E-state index in [1.165, 1.54) is 11.0 Å². The lowest BCUT2D eigenvalue weighted by Crippen LogP contribution is -2.19. The second kappa shape index (κ2) is 5.68. The first-order chi connectivity index (χ1) is 9.47. The summed E-state index contributed by atoms with van der Waals surface area (Å²) < 4.78 is 1.34. The maximum absolute atomic E-state index is 11.9. The Morgan fingerprint density at radius 2 is 2.20 bits per heavy atom. The Bertz CT molecular complexity index is 607. The molecular weight excluding hydrogens is 258 g/mol. The van der Waals surface area contributed by atoms with E-state index in [0.29, 0.717) is 5.69 Å². The zero-order valence-electron chi connectivity index (χ0n) is 11.7. The van der Waals surface area contributed by atoms with Crippen LogP contribution in [0.2, 0.25) is 0 Å². The Balaban J connectivity index is 2.16. The van der Waals surface area contributed by atoms with E-state index in [1.807, 2.05) is 20.8 Å². The number of phenolic OH excluding ortho intramolecular Hbond substituents is 1. The zero-order chi connectivity index (χ0) is 14.7. The summed E-state index contributed by atoms with van der Waals surface area (Å²) in [6, 6.07) is 3.45. The minimum absolute atomic E-state index is 0.0460. The predicted molar refractivity (Wildman–Crippen MR) is 73.4 cm³/mol. The fraction of sp³-hybridized carbons (Fsp3) is 0.385. The van der Waals surface area contributed by atoms with Crippen molar-refractivity contribution in [3.8, 4) is 5.75 Å². The van der Waals surface area contributed by atoms with Gasteiger partial charge in [0.1, 0.15) is 18.6 Å². The third-order valence-corrected chi connectivity index (χ3v) is 2.97. The Morgan fingerprint density at radius 3 is 2.80 bits per heavy atom. The van der Waals surface area contributed by atoms with E-state index in [0.717, 1.165) is 11.1 Å². The third-order valence-electron chi connectivity index (χ3n) is 2.97. The van der Waals surface area contributed by atoms with Crippen LogP contribution in [0.25, 0.3) is 0 Å². The van der Waals surface area contributed by atoms with E-state index >= 15 is 0 Å².